The molecule has 23 heavy (non-hydrogen) atoms. The number of hydrogen-bond acceptors (Lipinski definition) is 5. The second-order valence-corrected chi connectivity index (χ2v) is 7.16. The number of rotatable bonds is 5. The van der Waals surface area contributed by atoms with Crippen molar-refractivity contribution in [2.45, 2.75) is 25.3 Å². The zero-order chi connectivity index (χ0) is 16.0. The Hall–Kier alpha value is -2.15. The molecule has 0 aliphatic heterocycles. The van der Waals surface area contributed by atoms with Crippen molar-refractivity contribution in [1.29, 1.82) is 0 Å². The van der Waals surface area contributed by atoms with Crippen molar-refractivity contribution in [1.82, 2.24) is 10.3 Å². The first-order valence-corrected chi connectivity index (χ1v) is 8.50. The van der Waals surface area contributed by atoms with Gasteiger partial charge in [-0.25, -0.2) is 4.98 Å². The predicted octanol–water partition coefficient (Wildman–Crippen LogP) is 2.17. The van der Waals surface area contributed by atoms with E-state index in [2.05, 4.69) is 10.3 Å². The van der Waals surface area contributed by atoms with Crippen LogP contribution in [0.25, 0.3) is 10.8 Å². The fraction of sp³-hybridized carbons (Fsp3) is 0.438. The first-order valence-electron chi connectivity index (χ1n) is 7.62. The third kappa shape index (κ3) is 2.76. The molecular weight excluding hydrogens is 316 g/mol. The molecule has 2 aliphatic carbocycles. The van der Waals surface area contributed by atoms with Gasteiger partial charge in [0.25, 0.3) is 0 Å². The second kappa shape index (κ2) is 5.49. The Morgan fingerprint density at radius 1 is 1.39 bits per heavy atom. The Morgan fingerprint density at radius 2 is 2.26 bits per heavy atom. The minimum Gasteiger partial charge on any atom is -0.481 e. The number of aliphatic carboxylic acids is 1. The highest BCUT2D eigenvalue weighted by molar-refractivity contribution is 7.13. The first kappa shape index (κ1) is 14.4. The SMILES string of the molecule is O=C(Cc1coc(-c2cccs2)n1)N[C@H]1C[C@@H](C(=O)O)[C@@H]2C[C@@H]21. The molecule has 2 fully saturated rings. The van der Waals surface area contributed by atoms with Crippen LogP contribution in [0.5, 0.6) is 0 Å². The molecule has 0 unspecified atom stereocenters. The van der Waals surface area contributed by atoms with E-state index in [1.807, 2.05) is 17.5 Å². The summed E-state index contributed by atoms with van der Waals surface area (Å²) in [4.78, 5) is 28.6. The summed E-state index contributed by atoms with van der Waals surface area (Å²) in [6.45, 7) is 0. The third-order valence-corrected chi connectivity index (χ3v) is 5.58. The van der Waals surface area contributed by atoms with Crippen molar-refractivity contribution >= 4 is 23.2 Å². The highest BCUT2D eigenvalue weighted by Crippen LogP contribution is 2.55. The maximum atomic E-state index is 12.2. The van der Waals surface area contributed by atoms with E-state index in [1.165, 1.54) is 17.6 Å². The number of carboxylic acid groups (broad SMARTS) is 1. The van der Waals surface area contributed by atoms with E-state index < -0.39 is 5.97 Å². The van der Waals surface area contributed by atoms with Crippen LogP contribution >= 0.6 is 11.3 Å². The molecule has 2 saturated carbocycles. The van der Waals surface area contributed by atoms with Crippen LogP contribution in [-0.4, -0.2) is 28.0 Å². The van der Waals surface area contributed by atoms with Crippen molar-refractivity contribution in [2.24, 2.45) is 17.8 Å². The van der Waals surface area contributed by atoms with Gasteiger partial charge in [0.05, 0.1) is 22.9 Å². The number of carboxylic acids is 1. The Labute approximate surface area is 136 Å². The lowest BCUT2D eigenvalue weighted by atomic mass is 10.0. The van der Waals surface area contributed by atoms with Gasteiger partial charge in [-0.2, -0.15) is 0 Å². The average molecular weight is 332 g/mol. The highest BCUT2D eigenvalue weighted by atomic mass is 32.1. The Kier molecular flexibility index (Phi) is 3.45. The maximum absolute atomic E-state index is 12.2. The van der Waals surface area contributed by atoms with Crippen molar-refractivity contribution in [3.8, 4) is 10.8 Å². The molecular formula is C16H16N2O4S. The molecule has 4 atom stereocenters. The van der Waals surface area contributed by atoms with Crippen LogP contribution in [-0.2, 0) is 16.0 Å². The van der Waals surface area contributed by atoms with Crippen molar-refractivity contribution in [3.05, 3.63) is 29.5 Å². The van der Waals surface area contributed by atoms with Crippen LogP contribution in [0, 0.1) is 17.8 Å². The molecule has 2 N–H and O–H groups in total. The number of carbonyl (C=O) groups excluding carboxylic acids is 1. The van der Waals surface area contributed by atoms with Gasteiger partial charge in [-0.15, -0.1) is 11.3 Å². The number of amides is 1. The number of hydrogen-bond donors (Lipinski definition) is 2. The molecule has 1 amide bonds. The lowest BCUT2D eigenvalue weighted by Gasteiger charge is -2.15. The molecule has 0 spiro atoms. The number of carbonyl (C=O) groups is 2. The quantitative estimate of drug-likeness (QED) is 0.875. The van der Waals surface area contributed by atoms with Gasteiger partial charge in [-0.1, -0.05) is 6.07 Å². The van der Waals surface area contributed by atoms with Gasteiger partial charge in [0.1, 0.15) is 6.26 Å². The molecule has 2 aromatic rings. The highest BCUT2D eigenvalue weighted by Gasteiger charge is 2.57. The van der Waals surface area contributed by atoms with E-state index in [4.69, 9.17) is 9.52 Å². The van der Waals surface area contributed by atoms with Crippen molar-refractivity contribution in [3.63, 3.8) is 0 Å². The summed E-state index contributed by atoms with van der Waals surface area (Å²) >= 11 is 1.53. The molecule has 2 aliphatic rings. The van der Waals surface area contributed by atoms with Crippen LogP contribution < -0.4 is 5.32 Å². The summed E-state index contributed by atoms with van der Waals surface area (Å²) in [5.74, 6) is -0.0713. The van der Waals surface area contributed by atoms with Crippen molar-refractivity contribution < 1.29 is 19.1 Å². The maximum Gasteiger partial charge on any atom is 0.306 e. The van der Waals surface area contributed by atoms with Gasteiger partial charge in [0.15, 0.2) is 0 Å². The lowest BCUT2D eigenvalue weighted by molar-refractivity contribution is -0.142. The molecule has 0 bridgehead atoms. The van der Waals surface area contributed by atoms with Gasteiger partial charge in [-0.05, 0) is 36.1 Å². The summed E-state index contributed by atoms with van der Waals surface area (Å²) in [5.41, 5.74) is 0.589. The summed E-state index contributed by atoms with van der Waals surface area (Å²) in [7, 11) is 0. The van der Waals surface area contributed by atoms with Crippen molar-refractivity contribution in [2.75, 3.05) is 0 Å². The van der Waals surface area contributed by atoms with Crippen LogP contribution in [0.3, 0.4) is 0 Å². The Morgan fingerprint density at radius 3 is 2.96 bits per heavy atom. The van der Waals surface area contributed by atoms with Gasteiger partial charge in [0, 0.05) is 6.04 Å². The van der Waals surface area contributed by atoms with Gasteiger partial charge >= 0.3 is 5.97 Å². The Balaban J connectivity index is 1.35. The van der Waals surface area contributed by atoms with Crippen LogP contribution in [0.15, 0.2) is 28.2 Å². The minimum absolute atomic E-state index is 0.0164. The molecule has 6 nitrogen and oxygen atoms in total. The average Bonchev–Trinajstić information content (AvgIpc) is 2.91. The van der Waals surface area contributed by atoms with Gasteiger partial charge in [0.2, 0.25) is 11.8 Å². The topological polar surface area (TPSA) is 92.4 Å². The Bertz CT molecular complexity index is 739. The van der Waals surface area contributed by atoms with Gasteiger partial charge < -0.3 is 14.8 Å². The lowest BCUT2D eigenvalue weighted by Crippen LogP contribution is -2.37. The van der Waals surface area contributed by atoms with E-state index in [0.717, 1.165) is 11.3 Å². The first-order chi connectivity index (χ1) is 11.1. The zero-order valence-corrected chi connectivity index (χ0v) is 13.1. The monoisotopic (exact) mass is 332 g/mol. The zero-order valence-electron chi connectivity index (χ0n) is 12.3. The molecule has 0 radical (unpaired) electrons. The molecule has 7 heteroatoms. The fourth-order valence-electron chi connectivity index (χ4n) is 3.56. The number of thiophene rings is 1. The molecule has 2 heterocycles. The number of nitrogens with zero attached hydrogens (tertiary/aromatic N) is 1. The smallest absolute Gasteiger partial charge is 0.306 e. The van der Waals surface area contributed by atoms with Crippen LogP contribution in [0.2, 0.25) is 0 Å². The molecule has 2 aromatic heterocycles. The summed E-state index contributed by atoms with van der Waals surface area (Å²) in [6, 6.07) is 3.82. The summed E-state index contributed by atoms with van der Waals surface area (Å²) in [6.07, 6.45) is 3.10. The normalized spacial score (nSPS) is 28.3. The minimum atomic E-state index is -0.744. The van der Waals surface area contributed by atoms with E-state index in [1.54, 1.807) is 0 Å². The number of fused-ring (bicyclic) bond motifs is 1. The van der Waals surface area contributed by atoms with E-state index >= 15 is 0 Å². The van der Waals surface area contributed by atoms with E-state index in [-0.39, 0.29) is 30.2 Å². The third-order valence-electron chi connectivity index (χ3n) is 4.72. The van der Waals surface area contributed by atoms with Crippen LogP contribution in [0.4, 0.5) is 0 Å². The fourth-order valence-corrected chi connectivity index (χ4v) is 4.21. The van der Waals surface area contributed by atoms with Gasteiger partial charge in [-0.3, -0.25) is 9.59 Å². The molecule has 0 aromatic carbocycles. The summed E-state index contributed by atoms with van der Waals surface area (Å²) < 4.78 is 5.40. The number of nitrogens with one attached hydrogen (secondary N) is 1. The van der Waals surface area contributed by atoms with Crippen LogP contribution in [0.1, 0.15) is 18.5 Å². The van der Waals surface area contributed by atoms with E-state index in [9.17, 15) is 9.59 Å². The number of aromatic nitrogens is 1. The molecule has 4 rings (SSSR count). The molecule has 0 saturated heterocycles. The summed E-state index contributed by atoms with van der Waals surface area (Å²) in [5, 5.41) is 14.1. The predicted molar refractivity (Wildman–Crippen MR) is 82.8 cm³/mol. The number of oxazole rings is 1. The molecule has 120 valence electrons. The standard InChI is InChI=1S/C16H16N2O4S/c19-14(18-12-6-11(16(20)21)9-5-10(9)12)4-8-7-22-15(17-8)13-2-1-3-23-13/h1-3,7,9-12H,4-6H2,(H,18,19)(H,20,21)/t9-,10+,11-,12+/m1/s1. The second-order valence-electron chi connectivity index (χ2n) is 6.22. The largest absolute Gasteiger partial charge is 0.481 e. The van der Waals surface area contributed by atoms with E-state index in [0.29, 0.717) is 23.9 Å².